The van der Waals surface area contributed by atoms with Crippen LogP contribution in [0, 0.1) is 17.7 Å². The van der Waals surface area contributed by atoms with Gasteiger partial charge in [-0.3, -0.25) is 11.3 Å². The Morgan fingerprint density at radius 1 is 1.58 bits per heavy atom. The van der Waals surface area contributed by atoms with Crippen LogP contribution in [0.25, 0.3) is 0 Å². The molecule has 3 atom stereocenters. The Hall–Kier alpha value is -0.680. The van der Waals surface area contributed by atoms with Gasteiger partial charge < -0.3 is 4.74 Å². The van der Waals surface area contributed by atoms with Crippen molar-refractivity contribution in [3.8, 4) is 0 Å². The summed E-state index contributed by atoms with van der Waals surface area (Å²) >= 11 is 6.07. The van der Waals surface area contributed by atoms with E-state index in [9.17, 15) is 4.39 Å². The minimum atomic E-state index is -0.271. The summed E-state index contributed by atoms with van der Waals surface area (Å²) in [6.07, 6.45) is 1.43. The Kier molecular flexibility index (Phi) is 5.16. The van der Waals surface area contributed by atoms with Crippen LogP contribution in [0.2, 0.25) is 5.02 Å². The zero-order valence-electron chi connectivity index (χ0n) is 11.0. The van der Waals surface area contributed by atoms with Crippen LogP contribution in [-0.4, -0.2) is 19.3 Å². The molecule has 5 heteroatoms. The molecule has 1 fully saturated rings. The highest BCUT2D eigenvalue weighted by Gasteiger charge is 2.30. The van der Waals surface area contributed by atoms with E-state index in [1.165, 1.54) is 6.07 Å². The average molecular weight is 287 g/mol. The van der Waals surface area contributed by atoms with E-state index in [1.54, 1.807) is 12.1 Å². The quantitative estimate of drug-likeness (QED) is 0.660. The summed E-state index contributed by atoms with van der Waals surface area (Å²) in [4.78, 5) is 0. The molecule has 1 saturated heterocycles. The molecular formula is C14H20ClFN2O. The second-order valence-corrected chi connectivity index (χ2v) is 5.59. The summed E-state index contributed by atoms with van der Waals surface area (Å²) in [5.74, 6) is 6.16. The van der Waals surface area contributed by atoms with Gasteiger partial charge in [-0.15, -0.1) is 0 Å². The Morgan fingerprint density at radius 3 is 3.00 bits per heavy atom. The standard InChI is InChI=1S/C14H20ClFN2O/c1-9-8-19-6-5-10(9)14(18-17)7-11-12(15)3-2-4-13(11)16/h2-4,9-10,14,18H,5-8,17H2,1H3. The summed E-state index contributed by atoms with van der Waals surface area (Å²) in [5.41, 5.74) is 3.36. The van der Waals surface area contributed by atoms with E-state index in [-0.39, 0.29) is 11.9 Å². The minimum Gasteiger partial charge on any atom is -0.381 e. The SMILES string of the molecule is CC1COCCC1C(Cc1c(F)cccc1Cl)NN. The first-order chi connectivity index (χ1) is 9.13. The monoisotopic (exact) mass is 286 g/mol. The average Bonchev–Trinajstić information content (AvgIpc) is 2.40. The van der Waals surface area contributed by atoms with Crippen LogP contribution in [0.15, 0.2) is 18.2 Å². The second-order valence-electron chi connectivity index (χ2n) is 5.18. The number of benzene rings is 1. The summed E-state index contributed by atoms with van der Waals surface area (Å²) in [6, 6.07) is 4.76. The fraction of sp³-hybridized carbons (Fsp3) is 0.571. The molecule has 1 aliphatic heterocycles. The number of hydrazine groups is 1. The first-order valence-electron chi connectivity index (χ1n) is 6.60. The van der Waals surface area contributed by atoms with Crippen molar-refractivity contribution in [3.63, 3.8) is 0 Å². The maximum Gasteiger partial charge on any atom is 0.127 e. The second kappa shape index (κ2) is 6.66. The third kappa shape index (κ3) is 3.45. The van der Waals surface area contributed by atoms with Crippen LogP contribution in [0.3, 0.4) is 0 Å². The predicted molar refractivity (Wildman–Crippen MR) is 74.3 cm³/mol. The molecule has 1 aromatic rings. The van der Waals surface area contributed by atoms with Gasteiger partial charge >= 0.3 is 0 Å². The minimum absolute atomic E-state index is 0.00769. The molecule has 0 radical (unpaired) electrons. The first kappa shape index (κ1) is 14.7. The lowest BCUT2D eigenvalue weighted by molar-refractivity contribution is 0.0108. The zero-order valence-corrected chi connectivity index (χ0v) is 11.8. The molecule has 0 saturated carbocycles. The van der Waals surface area contributed by atoms with Gasteiger partial charge in [0.2, 0.25) is 0 Å². The molecule has 0 spiro atoms. The van der Waals surface area contributed by atoms with Gasteiger partial charge in [0.25, 0.3) is 0 Å². The lowest BCUT2D eigenvalue weighted by Gasteiger charge is -2.35. The van der Waals surface area contributed by atoms with Gasteiger partial charge in [0.05, 0.1) is 0 Å². The van der Waals surface area contributed by atoms with Crippen LogP contribution < -0.4 is 11.3 Å². The van der Waals surface area contributed by atoms with Crippen LogP contribution in [0.4, 0.5) is 4.39 Å². The van der Waals surface area contributed by atoms with Crippen LogP contribution in [0.1, 0.15) is 18.9 Å². The van der Waals surface area contributed by atoms with Crippen molar-refractivity contribution in [2.75, 3.05) is 13.2 Å². The van der Waals surface area contributed by atoms with Crippen molar-refractivity contribution in [2.24, 2.45) is 17.7 Å². The highest BCUT2D eigenvalue weighted by Crippen LogP contribution is 2.29. The van der Waals surface area contributed by atoms with E-state index in [4.69, 9.17) is 22.2 Å². The Labute approximate surface area is 118 Å². The maximum atomic E-state index is 13.8. The number of halogens is 2. The van der Waals surface area contributed by atoms with Crippen molar-refractivity contribution >= 4 is 11.6 Å². The van der Waals surface area contributed by atoms with Crippen molar-refractivity contribution in [1.29, 1.82) is 0 Å². The van der Waals surface area contributed by atoms with Gasteiger partial charge in [-0.25, -0.2) is 4.39 Å². The highest BCUT2D eigenvalue weighted by atomic mass is 35.5. The highest BCUT2D eigenvalue weighted by molar-refractivity contribution is 6.31. The van der Waals surface area contributed by atoms with E-state index < -0.39 is 0 Å². The van der Waals surface area contributed by atoms with Gasteiger partial charge in [0.1, 0.15) is 5.82 Å². The molecule has 3 nitrogen and oxygen atoms in total. The number of rotatable bonds is 4. The van der Waals surface area contributed by atoms with Crippen LogP contribution in [0.5, 0.6) is 0 Å². The summed E-state index contributed by atoms with van der Waals surface area (Å²) < 4.78 is 19.3. The van der Waals surface area contributed by atoms with E-state index in [0.717, 1.165) is 19.6 Å². The molecule has 0 aliphatic carbocycles. The fourth-order valence-electron chi connectivity index (χ4n) is 2.78. The molecule has 0 bridgehead atoms. The van der Waals surface area contributed by atoms with Crippen LogP contribution in [-0.2, 0) is 11.2 Å². The molecule has 106 valence electrons. The lowest BCUT2D eigenvalue weighted by atomic mass is 9.81. The number of hydrogen-bond acceptors (Lipinski definition) is 3. The van der Waals surface area contributed by atoms with Crippen molar-refractivity contribution < 1.29 is 9.13 Å². The molecule has 1 heterocycles. The fourth-order valence-corrected chi connectivity index (χ4v) is 3.02. The molecule has 0 amide bonds. The molecule has 1 aliphatic rings. The van der Waals surface area contributed by atoms with E-state index >= 15 is 0 Å². The topological polar surface area (TPSA) is 47.3 Å². The number of nitrogens with one attached hydrogen (secondary N) is 1. The summed E-state index contributed by atoms with van der Waals surface area (Å²) in [6.45, 7) is 3.60. The summed E-state index contributed by atoms with van der Waals surface area (Å²) in [5, 5.41) is 0.458. The normalized spacial score (nSPS) is 25.3. The molecule has 3 N–H and O–H groups in total. The molecular weight excluding hydrogens is 267 g/mol. The third-order valence-corrected chi connectivity index (χ3v) is 4.28. The lowest BCUT2D eigenvalue weighted by Crippen LogP contribution is -2.47. The largest absolute Gasteiger partial charge is 0.381 e. The van der Waals surface area contributed by atoms with Crippen LogP contribution >= 0.6 is 11.6 Å². The van der Waals surface area contributed by atoms with E-state index in [0.29, 0.717) is 28.8 Å². The smallest absolute Gasteiger partial charge is 0.127 e. The summed E-state index contributed by atoms with van der Waals surface area (Å²) in [7, 11) is 0. The Morgan fingerprint density at radius 2 is 2.37 bits per heavy atom. The van der Waals surface area contributed by atoms with Gasteiger partial charge in [-0.2, -0.15) is 0 Å². The molecule has 2 rings (SSSR count). The Bertz CT molecular complexity index is 410. The first-order valence-corrected chi connectivity index (χ1v) is 6.98. The van der Waals surface area contributed by atoms with Gasteiger partial charge in [0, 0.05) is 29.8 Å². The number of hydrogen-bond donors (Lipinski definition) is 2. The maximum absolute atomic E-state index is 13.8. The van der Waals surface area contributed by atoms with Crippen molar-refractivity contribution in [1.82, 2.24) is 5.43 Å². The van der Waals surface area contributed by atoms with Gasteiger partial charge in [-0.05, 0) is 36.8 Å². The third-order valence-electron chi connectivity index (χ3n) is 3.92. The van der Waals surface area contributed by atoms with Gasteiger partial charge in [-0.1, -0.05) is 24.6 Å². The molecule has 0 aromatic heterocycles. The van der Waals surface area contributed by atoms with E-state index in [2.05, 4.69) is 12.3 Å². The number of nitrogens with two attached hydrogens (primary N) is 1. The Balaban J connectivity index is 2.14. The van der Waals surface area contributed by atoms with Crippen molar-refractivity contribution in [2.45, 2.75) is 25.8 Å². The number of ether oxygens (including phenoxy) is 1. The van der Waals surface area contributed by atoms with E-state index in [1.807, 2.05) is 0 Å². The molecule has 3 unspecified atom stereocenters. The molecule has 19 heavy (non-hydrogen) atoms. The zero-order chi connectivity index (χ0) is 13.8. The predicted octanol–water partition coefficient (Wildman–Crippen LogP) is 2.53. The van der Waals surface area contributed by atoms with Crippen molar-refractivity contribution in [3.05, 3.63) is 34.6 Å². The van der Waals surface area contributed by atoms with Gasteiger partial charge in [0.15, 0.2) is 0 Å². The molecule has 1 aromatic carbocycles.